The molecule has 0 aliphatic heterocycles. The van der Waals surface area contributed by atoms with Crippen molar-refractivity contribution in [3.05, 3.63) is 35.4 Å². The number of carboxylic acids is 1. The van der Waals surface area contributed by atoms with Gasteiger partial charge in [0, 0.05) is 24.5 Å². The van der Waals surface area contributed by atoms with E-state index in [1.54, 1.807) is 20.2 Å². The lowest BCUT2D eigenvalue weighted by Crippen LogP contribution is -2.21. The van der Waals surface area contributed by atoms with Crippen molar-refractivity contribution >= 4 is 11.9 Å². The van der Waals surface area contributed by atoms with Crippen LogP contribution in [0, 0.1) is 18.3 Å². The lowest BCUT2D eigenvalue weighted by molar-refractivity contribution is -0.138. The molecule has 102 valence electrons. The minimum absolute atomic E-state index is 0.0952. The maximum absolute atomic E-state index is 11.3. The molecule has 0 amide bonds. The maximum Gasteiger partial charge on any atom is 0.331 e. The van der Waals surface area contributed by atoms with Crippen molar-refractivity contribution in [3.63, 3.8) is 0 Å². The van der Waals surface area contributed by atoms with E-state index >= 15 is 0 Å². The molecule has 0 aromatic carbocycles. The number of aromatic nitrogens is 4. The highest BCUT2D eigenvalue weighted by atomic mass is 16.4. The molecular weight excluding hydrogens is 260 g/mol. The zero-order chi connectivity index (χ0) is 14.7. The third-order valence-corrected chi connectivity index (χ3v) is 2.55. The van der Waals surface area contributed by atoms with Gasteiger partial charge in [-0.25, -0.2) is 14.8 Å². The number of nitrogens with zero attached hydrogens (tertiary/aromatic N) is 5. The lowest BCUT2D eigenvalue weighted by atomic mass is 10.1. The Bertz CT molecular complexity index is 687. The van der Waals surface area contributed by atoms with E-state index in [1.807, 2.05) is 6.07 Å². The minimum atomic E-state index is -1.08. The molecular formula is C12H12N6O2. The molecule has 8 nitrogen and oxygen atoms in total. The predicted octanol–water partition coefficient (Wildman–Crippen LogP) is 0.628. The summed E-state index contributed by atoms with van der Waals surface area (Å²) in [5.74, 6) is -0.987. The first kappa shape index (κ1) is 13.5. The summed E-state index contributed by atoms with van der Waals surface area (Å²) in [6, 6.07) is 2.39. The molecule has 0 fully saturated rings. The summed E-state index contributed by atoms with van der Waals surface area (Å²) < 4.78 is 1.50. The summed E-state index contributed by atoms with van der Waals surface area (Å²) in [5.41, 5.74) is 1.23. The van der Waals surface area contributed by atoms with Gasteiger partial charge in [-0.3, -0.25) is 4.68 Å². The fraction of sp³-hybridized carbons (Fsp3) is 0.250. The number of aryl methyl sites for hydroxylation is 2. The highest BCUT2D eigenvalue weighted by molar-refractivity contribution is 5.78. The topological polar surface area (TPSA) is 117 Å². The largest absolute Gasteiger partial charge is 0.479 e. The normalized spacial score (nSPS) is 11.7. The molecule has 2 aromatic rings. The van der Waals surface area contributed by atoms with Gasteiger partial charge in [0.15, 0.2) is 6.04 Å². The summed E-state index contributed by atoms with van der Waals surface area (Å²) >= 11 is 0. The molecule has 2 rings (SSSR count). The molecule has 0 spiro atoms. The Kier molecular flexibility index (Phi) is 3.61. The fourth-order valence-electron chi connectivity index (χ4n) is 1.70. The van der Waals surface area contributed by atoms with Gasteiger partial charge in [0.2, 0.25) is 5.95 Å². The second kappa shape index (κ2) is 5.36. The predicted molar refractivity (Wildman–Crippen MR) is 68.7 cm³/mol. The maximum atomic E-state index is 11.3. The molecule has 2 N–H and O–H groups in total. The summed E-state index contributed by atoms with van der Waals surface area (Å²) in [5, 5.41) is 24.8. The van der Waals surface area contributed by atoms with E-state index in [0.717, 1.165) is 0 Å². The number of rotatable bonds is 4. The molecule has 0 saturated carbocycles. The molecule has 20 heavy (non-hydrogen) atoms. The molecule has 0 saturated heterocycles. The van der Waals surface area contributed by atoms with E-state index < -0.39 is 12.0 Å². The summed E-state index contributed by atoms with van der Waals surface area (Å²) in [6.07, 6.45) is 3.04. The highest BCUT2D eigenvalue weighted by Crippen LogP contribution is 2.17. The van der Waals surface area contributed by atoms with Crippen LogP contribution in [0.25, 0.3) is 0 Å². The zero-order valence-electron chi connectivity index (χ0n) is 10.9. The van der Waals surface area contributed by atoms with Crippen LogP contribution in [0.5, 0.6) is 0 Å². The molecule has 2 heterocycles. The van der Waals surface area contributed by atoms with Gasteiger partial charge in [-0.05, 0) is 13.0 Å². The quantitative estimate of drug-likeness (QED) is 0.838. The van der Waals surface area contributed by atoms with Gasteiger partial charge in [0.25, 0.3) is 0 Å². The van der Waals surface area contributed by atoms with E-state index in [4.69, 9.17) is 5.26 Å². The van der Waals surface area contributed by atoms with E-state index in [9.17, 15) is 9.90 Å². The van der Waals surface area contributed by atoms with Crippen LogP contribution in [0.3, 0.4) is 0 Å². The second-order valence-electron chi connectivity index (χ2n) is 4.19. The van der Waals surface area contributed by atoms with Crippen LogP contribution in [0.4, 0.5) is 5.95 Å². The Balaban J connectivity index is 2.32. The number of aliphatic carboxylic acids is 1. The highest BCUT2D eigenvalue weighted by Gasteiger charge is 2.22. The third kappa shape index (κ3) is 2.89. The van der Waals surface area contributed by atoms with E-state index in [0.29, 0.717) is 11.3 Å². The smallest absolute Gasteiger partial charge is 0.331 e. The number of nitrogens with one attached hydrogen (secondary N) is 1. The summed E-state index contributed by atoms with van der Waals surface area (Å²) in [4.78, 5) is 19.3. The number of hydrogen-bond donors (Lipinski definition) is 2. The van der Waals surface area contributed by atoms with Crippen LogP contribution < -0.4 is 5.32 Å². The van der Waals surface area contributed by atoms with Crippen molar-refractivity contribution in [2.24, 2.45) is 7.05 Å². The standard InChI is InChI=1S/C12H12N6O2/c1-7-3-9(4-13)16-12(15-7)17-10(11(19)20)8-5-14-18(2)6-8/h3,5-6,10H,1-2H3,(H,19,20)(H,15,16,17). The fourth-order valence-corrected chi connectivity index (χ4v) is 1.70. The Morgan fingerprint density at radius 2 is 2.30 bits per heavy atom. The summed E-state index contributed by atoms with van der Waals surface area (Å²) in [6.45, 7) is 1.70. The van der Waals surface area contributed by atoms with E-state index in [-0.39, 0.29) is 11.6 Å². The molecule has 8 heteroatoms. The van der Waals surface area contributed by atoms with Gasteiger partial charge < -0.3 is 10.4 Å². The van der Waals surface area contributed by atoms with E-state index in [2.05, 4.69) is 20.4 Å². The SMILES string of the molecule is Cc1cc(C#N)nc(NC(C(=O)O)c2cnn(C)c2)n1. The zero-order valence-corrected chi connectivity index (χ0v) is 10.9. The van der Waals surface area contributed by atoms with Crippen molar-refractivity contribution in [2.75, 3.05) is 5.32 Å². The number of carboxylic acid groups (broad SMARTS) is 1. The van der Waals surface area contributed by atoms with Gasteiger partial charge in [-0.1, -0.05) is 0 Å². The van der Waals surface area contributed by atoms with Crippen molar-refractivity contribution < 1.29 is 9.90 Å². The number of carbonyl (C=O) groups is 1. The minimum Gasteiger partial charge on any atom is -0.479 e. The average Bonchev–Trinajstić information content (AvgIpc) is 2.81. The van der Waals surface area contributed by atoms with Crippen LogP contribution in [-0.4, -0.2) is 30.8 Å². The first-order chi connectivity index (χ1) is 9.49. The van der Waals surface area contributed by atoms with Crippen LogP contribution in [0.15, 0.2) is 18.5 Å². The van der Waals surface area contributed by atoms with Gasteiger partial charge in [0.1, 0.15) is 11.8 Å². The Hall–Kier alpha value is -2.95. The first-order valence-electron chi connectivity index (χ1n) is 5.73. The first-order valence-corrected chi connectivity index (χ1v) is 5.73. The molecule has 1 unspecified atom stereocenters. The van der Waals surface area contributed by atoms with Gasteiger partial charge in [-0.2, -0.15) is 10.4 Å². The third-order valence-electron chi connectivity index (χ3n) is 2.55. The number of hydrogen-bond acceptors (Lipinski definition) is 6. The monoisotopic (exact) mass is 272 g/mol. The molecule has 0 aliphatic rings. The molecule has 1 atom stereocenters. The average molecular weight is 272 g/mol. The van der Waals surface area contributed by atoms with Gasteiger partial charge in [-0.15, -0.1) is 0 Å². The van der Waals surface area contributed by atoms with Crippen molar-refractivity contribution in [1.82, 2.24) is 19.7 Å². The lowest BCUT2D eigenvalue weighted by Gasteiger charge is -2.13. The second-order valence-corrected chi connectivity index (χ2v) is 4.19. The summed E-state index contributed by atoms with van der Waals surface area (Å²) in [7, 11) is 1.69. The van der Waals surface area contributed by atoms with Crippen LogP contribution in [0.1, 0.15) is 23.0 Å². The van der Waals surface area contributed by atoms with E-state index in [1.165, 1.54) is 16.9 Å². The Morgan fingerprint density at radius 3 is 2.85 bits per heavy atom. The van der Waals surface area contributed by atoms with Crippen molar-refractivity contribution in [1.29, 1.82) is 5.26 Å². The number of nitriles is 1. The van der Waals surface area contributed by atoms with Crippen LogP contribution >= 0.6 is 0 Å². The Morgan fingerprint density at radius 1 is 1.55 bits per heavy atom. The van der Waals surface area contributed by atoms with Crippen LogP contribution in [0.2, 0.25) is 0 Å². The van der Waals surface area contributed by atoms with Crippen molar-refractivity contribution in [3.8, 4) is 6.07 Å². The molecule has 2 aromatic heterocycles. The number of anilines is 1. The van der Waals surface area contributed by atoms with Crippen molar-refractivity contribution in [2.45, 2.75) is 13.0 Å². The van der Waals surface area contributed by atoms with Gasteiger partial charge in [0.05, 0.1) is 6.20 Å². The molecule has 0 aliphatic carbocycles. The van der Waals surface area contributed by atoms with Gasteiger partial charge >= 0.3 is 5.97 Å². The van der Waals surface area contributed by atoms with Crippen LogP contribution in [-0.2, 0) is 11.8 Å². The Labute approximate surface area is 114 Å². The molecule has 0 radical (unpaired) electrons. The molecule has 0 bridgehead atoms.